The summed E-state index contributed by atoms with van der Waals surface area (Å²) < 4.78 is 32.1. The Morgan fingerprint density at radius 1 is 1.32 bits per heavy atom. The predicted molar refractivity (Wildman–Crippen MR) is 91.1 cm³/mol. The number of oxazole rings is 1. The second kappa shape index (κ2) is 7.57. The summed E-state index contributed by atoms with van der Waals surface area (Å²) >= 11 is 1.60. The number of nitrogens with one attached hydrogen (secondary N) is 1. The second-order valence-corrected chi connectivity index (χ2v) is 6.55. The predicted octanol–water partition coefficient (Wildman–Crippen LogP) is 4.24. The number of halogens is 2. The minimum atomic E-state index is -0.716. The molecule has 7 heteroatoms. The molecule has 0 radical (unpaired) electrons. The standard InChI is InChI=1S/C18H16F2N2O2S/c1-11-6-7-25-16(11)10-21-17(23)4-5-18-22-9-15(24-18)13-3-2-12(19)8-14(13)20/h2-3,6-9H,4-5,10H2,1H3,(H,21,23). The van der Waals surface area contributed by atoms with Crippen molar-refractivity contribution in [3.63, 3.8) is 0 Å². The molecule has 3 rings (SSSR count). The number of amides is 1. The maximum Gasteiger partial charge on any atom is 0.220 e. The lowest BCUT2D eigenvalue weighted by Crippen LogP contribution is -2.22. The van der Waals surface area contributed by atoms with Crippen molar-refractivity contribution >= 4 is 17.2 Å². The molecule has 0 fully saturated rings. The van der Waals surface area contributed by atoms with Crippen molar-refractivity contribution in [2.75, 3.05) is 0 Å². The van der Waals surface area contributed by atoms with Gasteiger partial charge < -0.3 is 9.73 Å². The zero-order valence-electron chi connectivity index (χ0n) is 13.5. The third kappa shape index (κ3) is 4.30. The van der Waals surface area contributed by atoms with Crippen molar-refractivity contribution in [2.24, 2.45) is 0 Å². The molecule has 1 N–H and O–H groups in total. The van der Waals surface area contributed by atoms with Gasteiger partial charge in [-0.25, -0.2) is 13.8 Å². The summed E-state index contributed by atoms with van der Waals surface area (Å²) in [6, 6.07) is 5.25. The first kappa shape index (κ1) is 17.3. The van der Waals surface area contributed by atoms with Crippen LogP contribution in [0.5, 0.6) is 0 Å². The van der Waals surface area contributed by atoms with Crippen LogP contribution in [0.1, 0.15) is 22.8 Å². The average molecular weight is 362 g/mol. The fraction of sp³-hybridized carbons (Fsp3) is 0.222. The third-order valence-electron chi connectivity index (χ3n) is 3.73. The lowest BCUT2D eigenvalue weighted by atomic mass is 10.2. The van der Waals surface area contributed by atoms with Gasteiger partial charge in [-0.15, -0.1) is 11.3 Å². The van der Waals surface area contributed by atoms with Crippen molar-refractivity contribution in [2.45, 2.75) is 26.3 Å². The molecule has 1 aromatic carbocycles. The van der Waals surface area contributed by atoms with E-state index in [9.17, 15) is 13.6 Å². The van der Waals surface area contributed by atoms with Gasteiger partial charge in [-0.05, 0) is 36.1 Å². The van der Waals surface area contributed by atoms with Gasteiger partial charge in [-0.2, -0.15) is 0 Å². The first-order valence-electron chi connectivity index (χ1n) is 7.72. The highest BCUT2D eigenvalue weighted by atomic mass is 32.1. The van der Waals surface area contributed by atoms with E-state index in [2.05, 4.69) is 10.3 Å². The van der Waals surface area contributed by atoms with E-state index >= 15 is 0 Å². The number of aryl methyl sites for hydroxylation is 2. The van der Waals surface area contributed by atoms with Gasteiger partial charge in [0.2, 0.25) is 5.91 Å². The van der Waals surface area contributed by atoms with Crippen LogP contribution in [0.2, 0.25) is 0 Å². The molecule has 0 bridgehead atoms. The maximum absolute atomic E-state index is 13.7. The number of benzene rings is 1. The van der Waals surface area contributed by atoms with Gasteiger partial charge in [0, 0.05) is 23.8 Å². The van der Waals surface area contributed by atoms with E-state index < -0.39 is 11.6 Å². The van der Waals surface area contributed by atoms with Crippen LogP contribution in [0.25, 0.3) is 11.3 Å². The molecule has 0 saturated heterocycles. The van der Waals surface area contributed by atoms with Crippen LogP contribution in [-0.4, -0.2) is 10.9 Å². The summed E-state index contributed by atoms with van der Waals surface area (Å²) in [5.41, 5.74) is 1.29. The quantitative estimate of drug-likeness (QED) is 0.714. The Labute approximate surface area is 147 Å². The number of hydrogen-bond acceptors (Lipinski definition) is 4. The van der Waals surface area contributed by atoms with Gasteiger partial charge >= 0.3 is 0 Å². The van der Waals surface area contributed by atoms with Crippen LogP contribution in [0, 0.1) is 18.6 Å². The molecule has 4 nitrogen and oxygen atoms in total. The van der Waals surface area contributed by atoms with Gasteiger partial charge in [0.25, 0.3) is 0 Å². The van der Waals surface area contributed by atoms with Crippen molar-refractivity contribution in [1.82, 2.24) is 10.3 Å². The smallest absolute Gasteiger partial charge is 0.220 e. The highest BCUT2D eigenvalue weighted by molar-refractivity contribution is 7.10. The summed E-state index contributed by atoms with van der Waals surface area (Å²) in [5, 5.41) is 4.84. The highest BCUT2D eigenvalue weighted by Crippen LogP contribution is 2.24. The normalized spacial score (nSPS) is 10.8. The second-order valence-electron chi connectivity index (χ2n) is 5.55. The molecule has 1 amide bonds. The summed E-state index contributed by atoms with van der Waals surface area (Å²) in [5.74, 6) is -0.936. The Morgan fingerprint density at radius 2 is 2.16 bits per heavy atom. The molecule has 3 aromatic rings. The number of aromatic nitrogens is 1. The van der Waals surface area contributed by atoms with Gasteiger partial charge in [-0.1, -0.05) is 0 Å². The van der Waals surface area contributed by atoms with E-state index in [-0.39, 0.29) is 23.7 Å². The van der Waals surface area contributed by atoms with Crippen molar-refractivity contribution in [3.8, 4) is 11.3 Å². The SMILES string of the molecule is Cc1ccsc1CNC(=O)CCc1ncc(-c2ccc(F)cc2F)o1. The van der Waals surface area contributed by atoms with Crippen LogP contribution in [0.3, 0.4) is 0 Å². The summed E-state index contributed by atoms with van der Waals surface area (Å²) in [6.45, 7) is 2.50. The molecule has 0 atom stereocenters. The van der Waals surface area contributed by atoms with Crippen LogP contribution in [-0.2, 0) is 17.8 Å². The van der Waals surface area contributed by atoms with Gasteiger partial charge in [-0.3, -0.25) is 4.79 Å². The van der Waals surface area contributed by atoms with Gasteiger partial charge in [0.15, 0.2) is 11.7 Å². The van der Waals surface area contributed by atoms with E-state index in [0.717, 1.165) is 22.6 Å². The maximum atomic E-state index is 13.7. The average Bonchev–Trinajstić information content (AvgIpc) is 3.20. The van der Waals surface area contributed by atoms with Crippen molar-refractivity contribution in [1.29, 1.82) is 0 Å². The molecular formula is C18H16F2N2O2S. The molecular weight excluding hydrogens is 346 g/mol. The number of carbonyl (C=O) groups excluding carboxylic acids is 1. The third-order valence-corrected chi connectivity index (χ3v) is 4.75. The molecule has 25 heavy (non-hydrogen) atoms. The van der Waals surface area contributed by atoms with E-state index in [0.29, 0.717) is 18.9 Å². The molecule has 0 aliphatic carbocycles. The van der Waals surface area contributed by atoms with Gasteiger partial charge in [0.05, 0.1) is 18.3 Å². The Kier molecular flexibility index (Phi) is 5.23. The monoisotopic (exact) mass is 362 g/mol. The molecule has 2 heterocycles. The summed E-state index contributed by atoms with van der Waals surface area (Å²) in [4.78, 5) is 17.1. The topological polar surface area (TPSA) is 55.1 Å². The molecule has 0 unspecified atom stereocenters. The lowest BCUT2D eigenvalue weighted by Gasteiger charge is -2.03. The molecule has 130 valence electrons. The lowest BCUT2D eigenvalue weighted by molar-refractivity contribution is -0.121. The first-order chi connectivity index (χ1) is 12.0. The van der Waals surface area contributed by atoms with Crippen LogP contribution in [0.4, 0.5) is 8.78 Å². The van der Waals surface area contributed by atoms with E-state index in [4.69, 9.17) is 4.42 Å². The van der Waals surface area contributed by atoms with Crippen LogP contribution in [0.15, 0.2) is 40.3 Å². The summed E-state index contributed by atoms with van der Waals surface area (Å²) in [7, 11) is 0. The minimum Gasteiger partial charge on any atom is -0.441 e. The fourth-order valence-electron chi connectivity index (χ4n) is 2.31. The van der Waals surface area contributed by atoms with Crippen LogP contribution < -0.4 is 5.32 Å². The Bertz CT molecular complexity index is 889. The summed E-state index contributed by atoms with van der Waals surface area (Å²) in [6.07, 6.45) is 1.90. The Balaban J connectivity index is 1.54. The zero-order valence-corrected chi connectivity index (χ0v) is 14.3. The number of hydrogen-bond donors (Lipinski definition) is 1. The number of rotatable bonds is 6. The molecule has 0 aliphatic heterocycles. The number of carbonyl (C=O) groups is 1. The largest absolute Gasteiger partial charge is 0.441 e. The van der Waals surface area contributed by atoms with E-state index in [1.165, 1.54) is 12.3 Å². The minimum absolute atomic E-state index is 0.111. The van der Waals surface area contributed by atoms with Gasteiger partial charge in [0.1, 0.15) is 11.6 Å². The fourth-order valence-corrected chi connectivity index (χ4v) is 3.16. The highest BCUT2D eigenvalue weighted by Gasteiger charge is 2.13. The van der Waals surface area contributed by atoms with E-state index in [1.807, 2.05) is 18.4 Å². The molecule has 0 aliphatic rings. The zero-order chi connectivity index (χ0) is 17.8. The molecule has 0 spiro atoms. The van der Waals surface area contributed by atoms with E-state index in [1.54, 1.807) is 11.3 Å². The molecule has 2 aromatic heterocycles. The number of nitrogens with zero attached hydrogens (tertiary/aromatic N) is 1. The Hall–Kier alpha value is -2.54. The Morgan fingerprint density at radius 3 is 2.88 bits per heavy atom. The van der Waals surface area contributed by atoms with Crippen molar-refractivity contribution < 1.29 is 18.0 Å². The number of thiophene rings is 1. The first-order valence-corrected chi connectivity index (χ1v) is 8.60. The van der Waals surface area contributed by atoms with Crippen molar-refractivity contribution in [3.05, 3.63) is 63.8 Å². The molecule has 0 saturated carbocycles. The van der Waals surface area contributed by atoms with Crippen LogP contribution >= 0.6 is 11.3 Å².